The maximum atomic E-state index is 15.1. The van der Waals surface area contributed by atoms with Crippen LogP contribution in [0.3, 0.4) is 0 Å². The van der Waals surface area contributed by atoms with Crippen molar-refractivity contribution in [3.63, 3.8) is 0 Å². The molecule has 2 unspecified atom stereocenters. The summed E-state index contributed by atoms with van der Waals surface area (Å²) in [6.07, 6.45) is -0.189. The van der Waals surface area contributed by atoms with E-state index in [4.69, 9.17) is 14.6 Å². The number of nitrogens with zero attached hydrogens (tertiary/aromatic N) is 1. The summed E-state index contributed by atoms with van der Waals surface area (Å²) in [6.45, 7) is 5.81. The van der Waals surface area contributed by atoms with E-state index in [1.807, 2.05) is 26.1 Å². The quantitative estimate of drug-likeness (QED) is 0.298. The van der Waals surface area contributed by atoms with E-state index in [2.05, 4.69) is 11.9 Å². The topological polar surface area (TPSA) is 59.4 Å². The van der Waals surface area contributed by atoms with Gasteiger partial charge in [0.05, 0.1) is 5.56 Å². The first-order valence-electron chi connectivity index (χ1n) is 12.1. The lowest BCUT2D eigenvalue weighted by molar-refractivity contribution is -0.138. The number of rotatable bonds is 4. The molecule has 2 aliphatic carbocycles. The standard InChI is InChI=1S/C28H27F4NO.CH2O2/c1-16-8-17-11-26(33-14-18(17)9-16)34-15-19-10-21-22(13-27(2,3)24(21)12-25(19)29)20-6-4-5-7-23(20)28(30,31)32;2-1-3/h4-7,10-12,14,16,22H,8-9,13,15H2,1-3H3;1H,(H,2,3). The van der Waals surface area contributed by atoms with Crippen LogP contribution in [0.15, 0.2) is 48.7 Å². The first-order chi connectivity index (χ1) is 17.4. The van der Waals surface area contributed by atoms with Crippen LogP contribution in [0.4, 0.5) is 17.6 Å². The van der Waals surface area contributed by atoms with Gasteiger partial charge in [-0.3, -0.25) is 4.79 Å². The van der Waals surface area contributed by atoms with Crippen molar-refractivity contribution in [2.45, 2.75) is 64.1 Å². The molecule has 1 aromatic heterocycles. The maximum Gasteiger partial charge on any atom is 0.416 e. The predicted octanol–water partition coefficient (Wildman–Crippen LogP) is 7.07. The van der Waals surface area contributed by atoms with Crippen LogP contribution in [0, 0.1) is 11.7 Å². The van der Waals surface area contributed by atoms with Crippen molar-refractivity contribution in [3.05, 3.63) is 93.4 Å². The first kappa shape index (κ1) is 26.6. The highest BCUT2D eigenvalue weighted by Crippen LogP contribution is 2.51. The summed E-state index contributed by atoms with van der Waals surface area (Å²) in [5.74, 6) is 0.126. The Hall–Kier alpha value is -3.42. The number of aromatic nitrogens is 1. The third kappa shape index (κ3) is 5.48. The molecule has 8 heteroatoms. The Kier molecular flexibility index (Phi) is 7.31. The Morgan fingerprint density at radius 2 is 1.78 bits per heavy atom. The third-order valence-corrected chi connectivity index (χ3v) is 7.25. The minimum atomic E-state index is -4.45. The van der Waals surface area contributed by atoms with Crippen LogP contribution >= 0.6 is 0 Å². The number of ether oxygens (including phenoxy) is 1. The average Bonchev–Trinajstić information content (AvgIpc) is 3.32. The molecular formula is C29H29F4NO3. The van der Waals surface area contributed by atoms with Crippen LogP contribution in [-0.2, 0) is 35.8 Å². The van der Waals surface area contributed by atoms with E-state index in [0.717, 1.165) is 30.0 Å². The molecule has 0 radical (unpaired) electrons. The number of hydrogen-bond donors (Lipinski definition) is 1. The average molecular weight is 516 g/mol. The molecule has 1 N–H and O–H groups in total. The van der Waals surface area contributed by atoms with Crippen LogP contribution in [0.2, 0.25) is 0 Å². The Bertz CT molecular complexity index is 1300. The van der Waals surface area contributed by atoms with Crippen molar-refractivity contribution in [2.75, 3.05) is 0 Å². The molecule has 0 fully saturated rings. The fraction of sp³-hybridized carbons (Fsp3) is 0.379. The molecule has 0 spiro atoms. The predicted molar refractivity (Wildman–Crippen MR) is 131 cm³/mol. The molecule has 37 heavy (non-hydrogen) atoms. The van der Waals surface area contributed by atoms with E-state index >= 15 is 4.39 Å². The summed E-state index contributed by atoms with van der Waals surface area (Å²) in [5, 5.41) is 6.89. The van der Waals surface area contributed by atoms with Gasteiger partial charge in [0.1, 0.15) is 12.4 Å². The Morgan fingerprint density at radius 1 is 1.11 bits per heavy atom. The number of pyridine rings is 1. The molecule has 4 nitrogen and oxygen atoms in total. The van der Waals surface area contributed by atoms with Crippen molar-refractivity contribution in [1.29, 1.82) is 0 Å². The molecule has 5 rings (SSSR count). The van der Waals surface area contributed by atoms with Crippen LogP contribution in [0.25, 0.3) is 0 Å². The summed E-state index contributed by atoms with van der Waals surface area (Å²) >= 11 is 0. The molecule has 0 bridgehead atoms. The third-order valence-electron chi connectivity index (χ3n) is 7.25. The molecule has 196 valence electrons. The SMILES string of the molecule is CC1Cc2cnc(OCc3cc4c(cc3F)C(C)(C)CC4c3ccccc3C(F)(F)F)cc2C1.O=CO. The van der Waals surface area contributed by atoms with E-state index < -0.39 is 28.9 Å². The lowest BCUT2D eigenvalue weighted by Crippen LogP contribution is -2.14. The highest BCUT2D eigenvalue weighted by Gasteiger charge is 2.42. The largest absolute Gasteiger partial charge is 0.483 e. The van der Waals surface area contributed by atoms with E-state index in [1.54, 1.807) is 12.1 Å². The van der Waals surface area contributed by atoms with Crippen molar-refractivity contribution in [1.82, 2.24) is 4.98 Å². The second-order valence-electron chi connectivity index (χ2n) is 10.5. The summed E-state index contributed by atoms with van der Waals surface area (Å²) in [7, 11) is 0. The van der Waals surface area contributed by atoms with Crippen LogP contribution in [0.5, 0.6) is 5.88 Å². The maximum absolute atomic E-state index is 15.1. The number of carbonyl (C=O) groups is 1. The molecule has 3 aromatic rings. The number of alkyl halides is 3. The molecule has 0 saturated heterocycles. The molecular weight excluding hydrogens is 486 g/mol. The number of fused-ring (bicyclic) bond motifs is 2. The van der Waals surface area contributed by atoms with Gasteiger partial charge in [-0.25, -0.2) is 9.37 Å². The van der Waals surface area contributed by atoms with Gasteiger partial charge >= 0.3 is 6.18 Å². The van der Waals surface area contributed by atoms with Crippen molar-refractivity contribution in [2.24, 2.45) is 5.92 Å². The van der Waals surface area contributed by atoms with Gasteiger partial charge in [-0.1, -0.05) is 39.0 Å². The van der Waals surface area contributed by atoms with Gasteiger partial charge in [0, 0.05) is 23.7 Å². The lowest BCUT2D eigenvalue weighted by Gasteiger charge is -2.21. The Morgan fingerprint density at radius 3 is 2.49 bits per heavy atom. The smallest absolute Gasteiger partial charge is 0.416 e. The Balaban J connectivity index is 0.00000102. The van der Waals surface area contributed by atoms with E-state index in [-0.39, 0.29) is 18.6 Å². The number of halogens is 4. The van der Waals surface area contributed by atoms with Gasteiger partial charge in [0.15, 0.2) is 0 Å². The number of carboxylic acid groups (broad SMARTS) is 1. The zero-order valence-electron chi connectivity index (χ0n) is 20.9. The van der Waals surface area contributed by atoms with E-state index in [9.17, 15) is 13.2 Å². The molecule has 0 saturated carbocycles. The van der Waals surface area contributed by atoms with Crippen molar-refractivity contribution in [3.8, 4) is 5.88 Å². The fourth-order valence-corrected chi connectivity index (χ4v) is 5.62. The molecule has 1 heterocycles. The van der Waals surface area contributed by atoms with Crippen molar-refractivity contribution < 1.29 is 32.2 Å². The lowest BCUT2D eigenvalue weighted by atomic mass is 9.84. The van der Waals surface area contributed by atoms with Crippen molar-refractivity contribution >= 4 is 6.47 Å². The summed E-state index contributed by atoms with van der Waals surface area (Å²) in [6, 6.07) is 10.8. The monoisotopic (exact) mass is 515 g/mol. The molecule has 2 aliphatic rings. The zero-order valence-corrected chi connectivity index (χ0v) is 20.9. The Labute approximate surface area is 213 Å². The highest BCUT2D eigenvalue weighted by molar-refractivity contribution is 5.51. The number of hydrogen-bond acceptors (Lipinski definition) is 3. The minimum Gasteiger partial charge on any atom is -0.483 e. The van der Waals surface area contributed by atoms with Gasteiger partial charge in [0.2, 0.25) is 5.88 Å². The van der Waals surface area contributed by atoms with E-state index in [0.29, 0.717) is 23.8 Å². The molecule has 0 amide bonds. The van der Waals surface area contributed by atoms with Crippen LogP contribution < -0.4 is 4.74 Å². The summed E-state index contributed by atoms with van der Waals surface area (Å²) in [5.41, 5.74) is 3.38. The number of benzene rings is 2. The normalized spacial score (nSPS) is 19.4. The second kappa shape index (κ2) is 10.1. The van der Waals surface area contributed by atoms with E-state index in [1.165, 1.54) is 29.3 Å². The molecule has 2 atom stereocenters. The van der Waals surface area contributed by atoms with Gasteiger partial charge in [-0.15, -0.1) is 0 Å². The summed E-state index contributed by atoms with van der Waals surface area (Å²) < 4.78 is 62.2. The van der Waals surface area contributed by atoms with Gasteiger partial charge in [0.25, 0.3) is 6.47 Å². The first-order valence-corrected chi connectivity index (χ1v) is 12.1. The highest BCUT2D eigenvalue weighted by atomic mass is 19.4. The van der Waals surface area contributed by atoms with Gasteiger partial charge in [-0.05, 0) is 76.6 Å². The molecule has 2 aromatic carbocycles. The van der Waals surface area contributed by atoms with Gasteiger partial charge in [-0.2, -0.15) is 13.2 Å². The minimum absolute atomic E-state index is 0.0332. The second-order valence-corrected chi connectivity index (χ2v) is 10.5. The zero-order chi connectivity index (χ0) is 27.0. The molecule has 0 aliphatic heterocycles. The van der Waals surface area contributed by atoms with Gasteiger partial charge < -0.3 is 9.84 Å². The summed E-state index contributed by atoms with van der Waals surface area (Å²) in [4.78, 5) is 12.7. The fourth-order valence-electron chi connectivity index (χ4n) is 5.62. The van der Waals surface area contributed by atoms with Crippen LogP contribution in [-0.4, -0.2) is 16.6 Å². The van der Waals surface area contributed by atoms with Crippen LogP contribution in [0.1, 0.15) is 72.1 Å².